The molecule has 10 heteroatoms. The second kappa shape index (κ2) is 12.6. The zero-order chi connectivity index (χ0) is 26.2. The van der Waals surface area contributed by atoms with Crippen LogP contribution in [-0.4, -0.2) is 55.5 Å². The van der Waals surface area contributed by atoms with Crippen molar-refractivity contribution in [3.05, 3.63) is 53.1 Å². The smallest absolute Gasteiger partial charge is 0.253 e. The number of carbonyl (C=O) groups excluding carboxylic acids is 2. The van der Waals surface area contributed by atoms with Crippen molar-refractivity contribution >= 4 is 17.4 Å². The Balaban J connectivity index is 1.49. The summed E-state index contributed by atoms with van der Waals surface area (Å²) in [6.45, 7) is 6.96. The van der Waals surface area contributed by atoms with Crippen molar-refractivity contribution in [3.63, 3.8) is 0 Å². The predicted octanol–water partition coefficient (Wildman–Crippen LogP) is 2.88. The summed E-state index contributed by atoms with van der Waals surface area (Å²) in [5.41, 5.74) is 12.5. The molecule has 1 heterocycles. The number of halogens is 2. The van der Waals surface area contributed by atoms with Gasteiger partial charge < -0.3 is 26.3 Å². The van der Waals surface area contributed by atoms with Crippen molar-refractivity contribution < 1.29 is 27.8 Å². The van der Waals surface area contributed by atoms with Crippen LogP contribution < -0.4 is 26.3 Å². The number of nitrogens with zero attached hydrogens (tertiary/aromatic N) is 1. The molecule has 0 radical (unpaired) electrons. The van der Waals surface area contributed by atoms with Gasteiger partial charge in [-0.25, -0.2) is 8.78 Å². The van der Waals surface area contributed by atoms with Crippen LogP contribution in [0.15, 0.2) is 30.3 Å². The lowest BCUT2D eigenvalue weighted by Crippen LogP contribution is -2.47. The van der Waals surface area contributed by atoms with Gasteiger partial charge in [-0.3, -0.25) is 14.5 Å². The molecule has 1 fully saturated rings. The largest absolute Gasteiger partial charge is 0.490 e. The summed E-state index contributed by atoms with van der Waals surface area (Å²) < 4.78 is 38.0. The summed E-state index contributed by atoms with van der Waals surface area (Å²) in [7, 11) is 0. The molecule has 0 aromatic heterocycles. The molecule has 36 heavy (non-hydrogen) atoms. The molecule has 3 rings (SSSR count). The number of ketones is 1. The Kier molecular flexibility index (Phi) is 9.60. The number of carbonyl (C=O) groups is 2. The number of nitrogens with one attached hydrogen (secondary N) is 1. The lowest BCUT2D eigenvalue weighted by atomic mass is 9.87. The molecule has 5 N–H and O–H groups in total. The molecule has 1 unspecified atom stereocenters. The number of anilines is 1. The average molecular weight is 505 g/mol. The van der Waals surface area contributed by atoms with Crippen LogP contribution in [0.5, 0.6) is 11.5 Å². The standard InChI is InChI=1S/C26H34F2N4O4/c1-3-35-23-6-5-16(11-24(23)36-4-2)15-32-9-7-17(8-10-32)25(30)22(33)14-31-26(34)18-12-19(27)20(28)13-21(18)29/h5-6,11-13,17,25H,3-4,7-10,14-15,29-30H2,1-2H3,(H,31,34). The Morgan fingerprint density at radius 1 is 1.06 bits per heavy atom. The Bertz CT molecular complexity index is 1070. The third-order valence-electron chi connectivity index (χ3n) is 6.29. The normalized spacial score (nSPS) is 15.4. The topological polar surface area (TPSA) is 120 Å². The van der Waals surface area contributed by atoms with Gasteiger partial charge in [0.2, 0.25) is 0 Å². The molecule has 196 valence electrons. The van der Waals surface area contributed by atoms with Gasteiger partial charge in [-0.1, -0.05) is 6.07 Å². The van der Waals surface area contributed by atoms with E-state index in [9.17, 15) is 18.4 Å². The Morgan fingerprint density at radius 2 is 1.69 bits per heavy atom. The second-order valence-electron chi connectivity index (χ2n) is 8.79. The molecular formula is C26H34F2N4O4. The van der Waals surface area contributed by atoms with E-state index in [-0.39, 0.29) is 29.5 Å². The zero-order valence-corrected chi connectivity index (χ0v) is 20.7. The fourth-order valence-electron chi connectivity index (χ4n) is 4.32. The quantitative estimate of drug-likeness (QED) is 0.403. The van der Waals surface area contributed by atoms with Crippen LogP contribution >= 0.6 is 0 Å². The number of Topliss-reactive ketones (excluding diaryl/α,β-unsaturated/α-hetero) is 1. The Labute approximate surface area is 209 Å². The first-order chi connectivity index (χ1) is 17.2. The molecule has 1 aliphatic rings. The van der Waals surface area contributed by atoms with Crippen LogP contribution in [0.1, 0.15) is 42.6 Å². The highest BCUT2D eigenvalue weighted by Gasteiger charge is 2.29. The zero-order valence-electron chi connectivity index (χ0n) is 20.7. The lowest BCUT2D eigenvalue weighted by Gasteiger charge is -2.34. The van der Waals surface area contributed by atoms with E-state index >= 15 is 0 Å². The highest BCUT2D eigenvalue weighted by atomic mass is 19.2. The van der Waals surface area contributed by atoms with Crippen molar-refractivity contribution in [2.24, 2.45) is 11.7 Å². The molecule has 1 aliphatic heterocycles. The number of likely N-dealkylation sites (tertiary alicyclic amines) is 1. The number of ether oxygens (including phenoxy) is 2. The average Bonchev–Trinajstić information content (AvgIpc) is 2.86. The van der Waals surface area contributed by atoms with Crippen molar-refractivity contribution in [2.45, 2.75) is 39.3 Å². The summed E-state index contributed by atoms with van der Waals surface area (Å²) in [6, 6.07) is 6.66. The van der Waals surface area contributed by atoms with E-state index < -0.39 is 23.6 Å². The van der Waals surface area contributed by atoms with E-state index in [2.05, 4.69) is 10.2 Å². The van der Waals surface area contributed by atoms with Gasteiger partial charge in [0.25, 0.3) is 5.91 Å². The van der Waals surface area contributed by atoms with Gasteiger partial charge in [-0.05, 0) is 69.5 Å². The SMILES string of the molecule is CCOc1ccc(CN2CCC(C(N)C(=O)CNC(=O)c3cc(F)c(F)cc3N)CC2)cc1OCC. The minimum absolute atomic E-state index is 0.0155. The summed E-state index contributed by atoms with van der Waals surface area (Å²) in [4.78, 5) is 27.2. The van der Waals surface area contributed by atoms with Crippen molar-refractivity contribution in [1.29, 1.82) is 0 Å². The number of nitrogen functional groups attached to an aromatic ring is 1. The maximum absolute atomic E-state index is 13.4. The minimum Gasteiger partial charge on any atom is -0.490 e. The number of piperidine rings is 1. The number of hydrogen-bond donors (Lipinski definition) is 3. The van der Waals surface area contributed by atoms with E-state index in [0.29, 0.717) is 19.3 Å². The van der Waals surface area contributed by atoms with Gasteiger partial charge in [0, 0.05) is 18.3 Å². The van der Waals surface area contributed by atoms with E-state index in [1.165, 1.54) is 0 Å². The second-order valence-corrected chi connectivity index (χ2v) is 8.79. The summed E-state index contributed by atoms with van der Waals surface area (Å²) in [6.07, 6.45) is 1.48. The van der Waals surface area contributed by atoms with Crippen LogP contribution in [0, 0.1) is 17.6 Å². The Morgan fingerprint density at radius 3 is 2.36 bits per heavy atom. The van der Waals surface area contributed by atoms with Gasteiger partial charge in [0.15, 0.2) is 28.9 Å². The first kappa shape index (κ1) is 27.3. The monoisotopic (exact) mass is 504 g/mol. The number of hydrogen-bond acceptors (Lipinski definition) is 7. The molecule has 1 saturated heterocycles. The molecule has 0 bridgehead atoms. The molecular weight excluding hydrogens is 470 g/mol. The van der Waals surface area contributed by atoms with E-state index in [1.54, 1.807) is 0 Å². The molecule has 0 aliphatic carbocycles. The molecule has 1 amide bonds. The minimum atomic E-state index is -1.19. The summed E-state index contributed by atoms with van der Waals surface area (Å²) in [5.74, 6) is -1.98. The van der Waals surface area contributed by atoms with Gasteiger partial charge in [0.05, 0.1) is 31.4 Å². The fourth-order valence-corrected chi connectivity index (χ4v) is 4.32. The Hall–Kier alpha value is -3.24. The van der Waals surface area contributed by atoms with Crippen LogP contribution in [0.3, 0.4) is 0 Å². The molecule has 1 atom stereocenters. The molecule has 0 spiro atoms. The van der Waals surface area contributed by atoms with Gasteiger partial charge in [-0.15, -0.1) is 0 Å². The van der Waals surface area contributed by atoms with Gasteiger partial charge >= 0.3 is 0 Å². The highest BCUT2D eigenvalue weighted by molar-refractivity contribution is 6.01. The maximum atomic E-state index is 13.4. The maximum Gasteiger partial charge on any atom is 0.253 e. The molecule has 0 saturated carbocycles. The third-order valence-corrected chi connectivity index (χ3v) is 6.29. The predicted molar refractivity (Wildman–Crippen MR) is 133 cm³/mol. The number of amides is 1. The lowest BCUT2D eigenvalue weighted by molar-refractivity contribution is -0.120. The molecule has 2 aromatic carbocycles. The first-order valence-electron chi connectivity index (χ1n) is 12.1. The number of benzene rings is 2. The summed E-state index contributed by atoms with van der Waals surface area (Å²) >= 11 is 0. The van der Waals surface area contributed by atoms with Crippen molar-refractivity contribution in [3.8, 4) is 11.5 Å². The first-order valence-corrected chi connectivity index (χ1v) is 12.1. The fraction of sp³-hybridized carbons (Fsp3) is 0.462. The molecule has 2 aromatic rings. The van der Waals surface area contributed by atoms with Crippen LogP contribution in [0.2, 0.25) is 0 Å². The van der Waals surface area contributed by atoms with Crippen LogP contribution in [-0.2, 0) is 11.3 Å². The van der Waals surface area contributed by atoms with Crippen LogP contribution in [0.25, 0.3) is 0 Å². The van der Waals surface area contributed by atoms with E-state index in [0.717, 1.165) is 55.6 Å². The van der Waals surface area contributed by atoms with E-state index in [4.69, 9.17) is 20.9 Å². The van der Waals surface area contributed by atoms with Gasteiger partial charge in [-0.2, -0.15) is 0 Å². The highest BCUT2D eigenvalue weighted by Crippen LogP contribution is 2.30. The van der Waals surface area contributed by atoms with E-state index in [1.807, 2.05) is 32.0 Å². The third kappa shape index (κ3) is 6.92. The number of nitrogens with two attached hydrogens (primary N) is 2. The van der Waals surface area contributed by atoms with Crippen LogP contribution in [0.4, 0.5) is 14.5 Å². The van der Waals surface area contributed by atoms with Gasteiger partial charge in [0.1, 0.15) is 0 Å². The summed E-state index contributed by atoms with van der Waals surface area (Å²) in [5, 5.41) is 2.41. The number of rotatable bonds is 11. The van der Waals surface area contributed by atoms with Crippen molar-refractivity contribution in [1.82, 2.24) is 10.2 Å². The molecule has 8 nitrogen and oxygen atoms in total. The van der Waals surface area contributed by atoms with Crippen molar-refractivity contribution in [2.75, 3.05) is 38.6 Å².